The summed E-state index contributed by atoms with van der Waals surface area (Å²) in [5.41, 5.74) is 4.23. The molecular formula is C19H17N5O2. The number of ether oxygens (including phenoxy) is 1. The van der Waals surface area contributed by atoms with E-state index in [1.807, 2.05) is 49.4 Å². The molecule has 0 saturated heterocycles. The molecule has 2 aromatic carbocycles. The highest BCUT2D eigenvalue weighted by Crippen LogP contribution is 2.20. The third-order valence-corrected chi connectivity index (χ3v) is 3.72. The molecule has 0 aliphatic heterocycles. The normalized spacial score (nSPS) is 11.2. The standard InChI is InChI=1S/C19H17N5O2/c1-3-26-19(25)14(11-20)12-21-15-6-9-18-17(10-15)22-23-24(18)16-7-4-13(2)5-8-16/h4-10,12,21H,3H2,1-2H3/b14-12-. The largest absolute Gasteiger partial charge is 0.462 e. The van der Waals surface area contributed by atoms with Crippen LogP contribution >= 0.6 is 0 Å². The molecule has 3 rings (SSSR count). The number of anilines is 1. The van der Waals surface area contributed by atoms with E-state index < -0.39 is 5.97 Å². The molecule has 0 aliphatic carbocycles. The predicted octanol–water partition coefficient (Wildman–Crippen LogP) is 3.11. The third-order valence-electron chi connectivity index (χ3n) is 3.72. The summed E-state index contributed by atoms with van der Waals surface area (Å²) in [5, 5.41) is 20.3. The molecule has 0 fully saturated rings. The number of aromatic nitrogens is 3. The van der Waals surface area contributed by atoms with Crippen molar-refractivity contribution >= 4 is 22.7 Å². The Morgan fingerprint density at radius 1 is 1.31 bits per heavy atom. The lowest BCUT2D eigenvalue weighted by atomic mass is 10.2. The fraction of sp³-hybridized carbons (Fsp3) is 0.158. The van der Waals surface area contributed by atoms with Crippen molar-refractivity contribution in [3.8, 4) is 11.8 Å². The van der Waals surface area contributed by atoms with E-state index in [1.54, 1.807) is 17.7 Å². The van der Waals surface area contributed by atoms with Crippen LogP contribution in [0.2, 0.25) is 0 Å². The molecule has 1 heterocycles. The van der Waals surface area contributed by atoms with E-state index in [-0.39, 0.29) is 12.2 Å². The van der Waals surface area contributed by atoms with E-state index in [0.717, 1.165) is 11.2 Å². The number of nitriles is 1. The monoisotopic (exact) mass is 347 g/mol. The van der Waals surface area contributed by atoms with Crippen LogP contribution in [-0.2, 0) is 9.53 Å². The van der Waals surface area contributed by atoms with Gasteiger partial charge >= 0.3 is 5.97 Å². The average Bonchev–Trinajstić information content (AvgIpc) is 3.06. The molecular weight excluding hydrogens is 330 g/mol. The first kappa shape index (κ1) is 17.2. The van der Waals surface area contributed by atoms with Gasteiger partial charge in [-0.1, -0.05) is 22.9 Å². The molecule has 0 radical (unpaired) electrons. The summed E-state index contributed by atoms with van der Waals surface area (Å²) in [4.78, 5) is 11.6. The van der Waals surface area contributed by atoms with Gasteiger partial charge in [0.2, 0.25) is 0 Å². The van der Waals surface area contributed by atoms with Gasteiger partial charge in [-0.3, -0.25) is 0 Å². The van der Waals surface area contributed by atoms with Crippen LogP contribution in [0.5, 0.6) is 0 Å². The minimum atomic E-state index is -0.658. The fourth-order valence-electron chi connectivity index (χ4n) is 2.39. The van der Waals surface area contributed by atoms with Crippen molar-refractivity contribution < 1.29 is 9.53 Å². The van der Waals surface area contributed by atoms with Crippen LogP contribution < -0.4 is 5.32 Å². The quantitative estimate of drug-likeness (QED) is 0.433. The zero-order valence-corrected chi connectivity index (χ0v) is 14.4. The predicted molar refractivity (Wildman–Crippen MR) is 97.6 cm³/mol. The lowest BCUT2D eigenvalue weighted by Gasteiger charge is -2.04. The Bertz CT molecular complexity index is 1010. The van der Waals surface area contributed by atoms with E-state index in [2.05, 4.69) is 15.6 Å². The fourth-order valence-corrected chi connectivity index (χ4v) is 2.39. The first-order valence-corrected chi connectivity index (χ1v) is 8.09. The van der Waals surface area contributed by atoms with Gasteiger partial charge in [-0.2, -0.15) is 5.26 Å². The Balaban J connectivity index is 1.86. The van der Waals surface area contributed by atoms with Crippen LogP contribution in [0, 0.1) is 18.3 Å². The molecule has 7 heteroatoms. The molecule has 0 saturated carbocycles. The summed E-state index contributed by atoms with van der Waals surface area (Å²) in [6, 6.07) is 15.3. The number of hydrogen-bond acceptors (Lipinski definition) is 6. The number of carbonyl (C=O) groups excluding carboxylic acids is 1. The lowest BCUT2D eigenvalue weighted by Crippen LogP contribution is -2.07. The lowest BCUT2D eigenvalue weighted by molar-refractivity contribution is -0.138. The van der Waals surface area contributed by atoms with Crippen molar-refractivity contribution in [1.82, 2.24) is 15.0 Å². The second-order valence-corrected chi connectivity index (χ2v) is 5.57. The molecule has 0 aliphatic rings. The topological polar surface area (TPSA) is 92.8 Å². The smallest absolute Gasteiger partial charge is 0.350 e. The van der Waals surface area contributed by atoms with Crippen molar-refractivity contribution in [3.05, 3.63) is 59.8 Å². The Hall–Kier alpha value is -3.66. The highest BCUT2D eigenvalue weighted by atomic mass is 16.5. The molecule has 1 N–H and O–H groups in total. The number of carbonyl (C=O) groups is 1. The van der Waals surface area contributed by atoms with Crippen LogP contribution in [0.3, 0.4) is 0 Å². The second kappa shape index (κ2) is 7.49. The van der Waals surface area contributed by atoms with Gasteiger partial charge in [0, 0.05) is 11.9 Å². The van der Waals surface area contributed by atoms with Gasteiger partial charge in [0.15, 0.2) is 5.57 Å². The maximum absolute atomic E-state index is 11.6. The van der Waals surface area contributed by atoms with Crippen LogP contribution in [-0.4, -0.2) is 27.6 Å². The Morgan fingerprint density at radius 2 is 2.08 bits per heavy atom. The number of fused-ring (bicyclic) bond motifs is 1. The SMILES string of the molecule is CCOC(=O)/C(C#N)=C\Nc1ccc2c(c1)nnn2-c1ccc(C)cc1. The molecule has 0 atom stereocenters. The average molecular weight is 347 g/mol. The molecule has 7 nitrogen and oxygen atoms in total. The molecule has 130 valence electrons. The molecule has 3 aromatic rings. The third kappa shape index (κ3) is 3.54. The van der Waals surface area contributed by atoms with Crippen molar-refractivity contribution in [3.63, 3.8) is 0 Å². The maximum Gasteiger partial charge on any atom is 0.350 e. The van der Waals surface area contributed by atoms with E-state index >= 15 is 0 Å². The second-order valence-electron chi connectivity index (χ2n) is 5.57. The van der Waals surface area contributed by atoms with E-state index in [1.165, 1.54) is 11.8 Å². The summed E-state index contributed by atoms with van der Waals surface area (Å²) < 4.78 is 6.58. The van der Waals surface area contributed by atoms with Gasteiger partial charge in [-0.05, 0) is 44.2 Å². The van der Waals surface area contributed by atoms with E-state index in [4.69, 9.17) is 10.00 Å². The highest BCUT2D eigenvalue weighted by molar-refractivity contribution is 5.93. The van der Waals surface area contributed by atoms with Crippen LogP contribution in [0.4, 0.5) is 5.69 Å². The number of esters is 1. The molecule has 0 spiro atoms. The molecule has 1 aromatic heterocycles. The molecule has 0 bridgehead atoms. The summed E-state index contributed by atoms with van der Waals surface area (Å²) in [7, 11) is 0. The zero-order chi connectivity index (χ0) is 18.5. The number of nitrogens with one attached hydrogen (secondary N) is 1. The van der Waals surface area contributed by atoms with Gasteiger partial charge in [0.05, 0.1) is 17.8 Å². The first-order valence-electron chi connectivity index (χ1n) is 8.09. The van der Waals surface area contributed by atoms with Gasteiger partial charge in [-0.25, -0.2) is 9.48 Å². The summed E-state index contributed by atoms with van der Waals surface area (Å²) in [5.74, 6) is -0.658. The number of hydrogen-bond donors (Lipinski definition) is 1. The van der Waals surface area contributed by atoms with Crippen molar-refractivity contribution in [1.29, 1.82) is 5.26 Å². The van der Waals surface area contributed by atoms with Gasteiger partial charge in [0.25, 0.3) is 0 Å². The molecule has 0 amide bonds. The first-order chi connectivity index (χ1) is 12.6. The zero-order valence-electron chi connectivity index (χ0n) is 14.4. The number of aryl methyl sites for hydroxylation is 1. The Kier molecular flexibility index (Phi) is 4.94. The summed E-state index contributed by atoms with van der Waals surface area (Å²) in [6.45, 7) is 3.93. The van der Waals surface area contributed by atoms with Crippen LogP contribution in [0.15, 0.2) is 54.2 Å². The minimum absolute atomic E-state index is 0.102. The van der Waals surface area contributed by atoms with Crippen molar-refractivity contribution in [2.24, 2.45) is 0 Å². The summed E-state index contributed by atoms with van der Waals surface area (Å²) >= 11 is 0. The number of benzene rings is 2. The number of nitrogens with zero attached hydrogens (tertiary/aromatic N) is 4. The van der Waals surface area contributed by atoms with Gasteiger partial charge in [0.1, 0.15) is 11.6 Å². The Morgan fingerprint density at radius 3 is 2.77 bits per heavy atom. The van der Waals surface area contributed by atoms with Crippen LogP contribution in [0.25, 0.3) is 16.7 Å². The van der Waals surface area contributed by atoms with Crippen molar-refractivity contribution in [2.75, 3.05) is 11.9 Å². The van der Waals surface area contributed by atoms with Gasteiger partial charge in [-0.15, -0.1) is 5.10 Å². The van der Waals surface area contributed by atoms with E-state index in [0.29, 0.717) is 11.2 Å². The Labute approximate surface area is 150 Å². The minimum Gasteiger partial charge on any atom is -0.462 e. The number of rotatable bonds is 5. The van der Waals surface area contributed by atoms with E-state index in [9.17, 15) is 4.79 Å². The van der Waals surface area contributed by atoms with Crippen molar-refractivity contribution in [2.45, 2.75) is 13.8 Å². The summed E-state index contributed by atoms with van der Waals surface area (Å²) in [6.07, 6.45) is 1.32. The highest BCUT2D eigenvalue weighted by Gasteiger charge is 2.10. The van der Waals surface area contributed by atoms with Crippen LogP contribution in [0.1, 0.15) is 12.5 Å². The maximum atomic E-state index is 11.6. The van der Waals surface area contributed by atoms with Gasteiger partial charge < -0.3 is 10.1 Å². The molecule has 0 unspecified atom stereocenters. The molecule has 26 heavy (non-hydrogen) atoms.